The predicted molar refractivity (Wildman–Crippen MR) is 78.3 cm³/mol. The van der Waals surface area contributed by atoms with Gasteiger partial charge in [-0.2, -0.15) is 0 Å². The maximum absolute atomic E-state index is 11.0. The zero-order valence-corrected chi connectivity index (χ0v) is 13.1. The summed E-state index contributed by atoms with van der Waals surface area (Å²) in [7, 11) is 3.21. The molecule has 0 saturated heterocycles. The van der Waals surface area contributed by atoms with Crippen LogP contribution in [0.3, 0.4) is 0 Å². The molecular weight excluding hydrogens is 326 g/mol. The molecule has 20 heavy (non-hydrogen) atoms. The molecule has 0 unspecified atom stereocenters. The summed E-state index contributed by atoms with van der Waals surface area (Å²) in [5.74, 6) is 0.639. The van der Waals surface area contributed by atoms with E-state index in [9.17, 15) is 4.79 Å². The van der Waals surface area contributed by atoms with E-state index in [1.54, 1.807) is 14.2 Å². The van der Waals surface area contributed by atoms with Crippen molar-refractivity contribution in [1.82, 2.24) is 4.90 Å². The molecule has 0 aliphatic heterocycles. The third-order valence-corrected chi connectivity index (χ3v) is 3.95. The van der Waals surface area contributed by atoms with Crippen molar-refractivity contribution in [2.24, 2.45) is 0 Å². The molecule has 5 nitrogen and oxygen atoms in total. The van der Waals surface area contributed by atoms with E-state index in [4.69, 9.17) is 14.6 Å². The van der Waals surface area contributed by atoms with E-state index in [1.807, 2.05) is 17.0 Å². The smallest absolute Gasteiger partial charge is 0.317 e. The summed E-state index contributed by atoms with van der Waals surface area (Å²) in [5.41, 5.74) is 0.931. The SMILES string of the molecule is COc1cc(CN(CC(=O)O)C2CC2)c(OC)cc1Br. The quantitative estimate of drug-likeness (QED) is 0.824. The molecule has 1 aliphatic rings. The molecule has 6 heteroatoms. The Morgan fingerprint density at radius 1 is 1.35 bits per heavy atom. The number of carboxylic acids is 1. The van der Waals surface area contributed by atoms with Gasteiger partial charge in [0.25, 0.3) is 0 Å². The van der Waals surface area contributed by atoms with Crippen LogP contribution >= 0.6 is 15.9 Å². The molecule has 0 heterocycles. The lowest BCUT2D eigenvalue weighted by atomic mass is 10.1. The lowest BCUT2D eigenvalue weighted by molar-refractivity contribution is -0.138. The zero-order valence-electron chi connectivity index (χ0n) is 11.6. The van der Waals surface area contributed by atoms with Crippen molar-refractivity contribution >= 4 is 21.9 Å². The number of nitrogens with zero attached hydrogens (tertiary/aromatic N) is 1. The second-order valence-corrected chi connectivity index (χ2v) is 5.68. The average Bonchev–Trinajstić information content (AvgIpc) is 3.23. The van der Waals surface area contributed by atoms with Crippen LogP contribution in [0.4, 0.5) is 0 Å². The largest absolute Gasteiger partial charge is 0.496 e. The second kappa shape index (κ2) is 6.45. The summed E-state index contributed by atoms with van der Waals surface area (Å²) in [6.45, 7) is 0.593. The van der Waals surface area contributed by atoms with E-state index in [2.05, 4.69) is 15.9 Å². The summed E-state index contributed by atoms with van der Waals surface area (Å²) >= 11 is 3.42. The van der Waals surface area contributed by atoms with Gasteiger partial charge in [0, 0.05) is 18.2 Å². The number of carboxylic acid groups (broad SMARTS) is 1. The highest BCUT2D eigenvalue weighted by atomic mass is 79.9. The zero-order chi connectivity index (χ0) is 14.7. The number of benzene rings is 1. The molecular formula is C14H18BrNO4. The van der Waals surface area contributed by atoms with Crippen LogP contribution in [0.25, 0.3) is 0 Å². The molecule has 1 aromatic carbocycles. The summed E-state index contributed by atoms with van der Waals surface area (Å²) in [5, 5.41) is 9.00. The van der Waals surface area contributed by atoms with Gasteiger partial charge < -0.3 is 14.6 Å². The van der Waals surface area contributed by atoms with Crippen molar-refractivity contribution in [2.75, 3.05) is 20.8 Å². The monoisotopic (exact) mass is 343 g/mol. The molecule has 0 aromatic heterocycles. The first-order valence-corrected chi connectivity index (χ1v) is 7.20. The maximum Gasteiger partial charge on any atom is 0.317 e. The van der Waals surface area contributed by atoms with E-state index < -0.39 is 5.97 Å². The van der Waals surface area contributed by atoms with E-state index >= 15 is 0 Å². The van der Waals surface area contributed by atoms with Crippen LogP contribution in [0.2, 0.25) is 0 Å². The van der Waals surface area contributed by atoms with Crippen LogP contribution < -0.4 is 9.47 Å². The summed E-state index contributed by atoms with van der Waals surface area (Å²) in [6.07, 6.45) is 2.12. The summed E-state index contributed by atoms with van der Waals surface area (Å²) in [4.78, 5) is 12.9. The minimum atomic E-state index is -0.806. The van der Waals surface area contributed by atoms with Gasteiger partial charge in [-0.3, -0.25) is 9.69 Å². The molecule has 0 spiro atoms. The molecule has 0 amide bonds. The van der Waals surface area contributed by atoms with Gasteiger partial charge in [-0.05, 0) is 40.9 Å². The van der Waals surface area contributed by atoms with Crippen molar-refractivity contribution in [2.45, 2.75) is 25.4 Å². The number of hydrogen-bond donors (Lipinski definition) is 1. The Morgan fingerprint density at radius 3 is 2.50 bits per heavy atom. The Morgan fingerprint density at radius 2 is 2.00 bits per heavy atom. The molecule has 1 aliphatic carbocycles. The molecule has 0 atom stereocenters. The summed E-state index contributed by atoms with van der Waals surface area (Å²) in [6, 6.07) is 4.10. The number of carbonyl (C=O) groups is 1. The molecule has 1 aromatic rings. The van der Waals surface area contributed by atoms with Crippen molar-refractivity contribution in [3.8, 4) is 11.5 Å². The van der Waals surface area contributed by atoms with Crippen LogP contribution in [-0.4, -0.2) is 42.8 Å². The first-order valence-electron chi connectivity index (χ1n) is 6.41. The third-order valence-electron chi connectivity index (χ3n) is 3.33. The Labute approximate surface area is 126 Å². The maximum atomic E-state index is 11.0. The molecule has 0 bridgehead atoms. The number of rotatable bonds is 7. The van der Waals surface area contributed by atoms with E-state index in [0.29, 0.717) is 18.3 Å². The fourth-order valence-corrected chi connectivity index (χ4v) is 2.68. The lowest BCUT2D eigenvalue weighted by Crippen LogP contribution is -2.31. The topological polar surface area (TPSA) is 59.0 Å². The van der Waals surface area contributed by atoms with Crippen LogP contribution in [0.5, 0.6) is 11.5 Å². The van der Waals surface area contributed by atoms with E-state index in [-0.39, 0.29) is 6.54 Å². The molecule has 1 N–H and O–H groups in total. The van der Waals surface area contributed by atoms with Gasteiger partial charge in [0.15, 0.2) is 0 Å². The first-order chi connectivity index (χ1) is 9.55. The van der Waals surface area contributed by atoms with Gasteiger partial charge in [-0.15, -0.1) is 0 Å². The van der Waals surface area contributed by atoms with Crippen molar-refractivity contribution < 1.29 is 19.4 Å². The minimum absolute atomic E-state index is 0.0478. The molecule has 0 radical (unpaired) electrons. The highest BCUT2D eigenvalue weighted by molar-refractivity contribution is 9.10. The van der Waals surface area contributed by atoms with E-state index in [1.165, 1.54) is 0 Å². The molecule has 110 valence electrons. The van der Waals surface area contributed by atoms with Gasteiger partial charge in [-0.25, -0.2) is 0 Å². The van der Waals surface area contributed by atoms with Crippen molar-refractivity contribution in [1.29, 1.82) is 0 Å². The van der Waals surface area contributed by atoms with Gasteiger partial charge in [0.05, 0.1) is 25.2 Å². The van der Waals surface area contributed by atoms with Crippen LogP contribution in [-0.2, 0) is 11.3 Å². The Balaban J connectivity index is 2.23. The molecule has 1 saturated carbocycles. The fraction of sp³-hybridized carbons (Fsp3) is 0.500. The molecule has 1 fully saturated rings. The van der Waals surface area contributed by atoms with Gasteiger partial charge in [0.2, 0.25) is 0 Å². The Bertz CT molecular complexity index is 502. The van der Waals surface area contributed by atoms with Crippen molar-refractivity contribution in [3.63, 3.8) is 0 Å². The van der Waals surface area contributed by atoms with Crippen LogP contribution in [0, 0.1) is 0 Å². The normalized spacial score (nSPS) is 14.4. The highest BCUT2D eigenvalue weighted by Gasteiger charge is 2.31. The van der Waals surface area contributed by atoms with Crippen LogP contribution in [0.1, 0.15) is 18.4 Å². The lowest BCUT2D eigenvalue weighted by Gasteiger charge is -2.21. The highest BCUT2D eigenvalue weighted by Crippen LogP contribution is 2.35. The van der Waals surface area contributed by atoms with Crippen LogP contribution in [0.15, 0.2) is 16.6 Å². The number of halogens is 1. The fourth-order valence-electron chi connectivity index (χ4n) is 2.19. The Kier molecular flexibility index (Phi) is 4.88. The predicted octanol–water partition coefficient (Wildman–Crippen LogP) is 2.52. The number of hydrogen-bond acceptors (Lipinski definition) is 4. The number of aliphatic carboxylic acids is 1. The minimum Gasteiger partial charge on any atom is -0.496 e. The van der Waals surface area contributed by atoms with Gasteiger partial charge in [0.1, 0.15) is 11.5 Å². The molecule has 2 rings (SSSR count). The standard InChI is InChI=1S/C14H18BrNO4/c1-19-12-6-11(15)13(20-2)5-9(12)7-16(8-14(17)18)10-3-4-10/h5-6,10H,3-4,7-8H2,1-2H3,(H,17,18). The van der Waals surface area contributed by atoms with Gasteiger partial charge in [-0.1, -0.05) is 0 Å². The average molecular weight is 344 g/mol. The van der Waals surface area contributed by atoms with Crippen molar-refractivity contribution in [3.05, 3.63) is 22.2 Å². The van der Waals surface area contributed by atoms with Gasteiger partial charge >= 0.3 is 5.97 Å². The summed E-state index contributed by atoms with van der Waals surface area (Å²) < 4.78 is 11.5. The van der Waals surface area contributed by atoms with E-state index in [0.717, 1.165) is 28.6 Å². The Hall–Kier alpha value is -1.27. The second-order valence-electron chi connectivity index (χ2n) is 4.83. The number of methoxy groups -OCH3 is 2. The third kappa shape index (κ3) is 3.64. The number of ether oxygens (including phenoxy) is 2. The first kappa shape index (κ1) is 15.1.